The zero-order valence-corrected chi connectivity index (χ0v) is 9.20. The zero-order valence-electron chi connectivity index (χ0n) is 9.20. The van der Waals surface area contributed by atoms with Gasteiger partial charge in [0.1, 0.15) is 11.5 Å². The predicted molar refractivity (Wildman–Crippen MR) is 60.5 cm³/mol. The van der Waals surface area contributed by atoms with Crippen LogP contribution in [-0.2, 0) is 0 Å². The Morgan fingerprint density at radius 3 is 3.07 bits per heavy atom. The Morgan fingerprint density at radius 1 is 1.33 bits per heavy atom. The van der Waals surface area contributed by atoms with Crippen LogP contribution in [0.1, 0.15) is 43.1 Å². The van der Waals surface area contributed by atoms with E-state index in [9.17, 15) is 0 Å². The van der Waals surface area contributed by atoms with Gasteiger partial charge in [0.25, 0.3) is 0 Å². The second-order valence-electron chi connectivity index (χ2n) is 4.77. The van der Waals surface area contributed by atoms with Gasteiger partial charge in [-0.2, -0.15) is 0 Å². The smallest absolute Gasteiger partial charge is 0.109 e. The van der Waals surface area contributed by atoms with Gasteiger partial charge in [-0.25, -0.2) is 0 Å². The van der Waals surface area contributed by atoms with Gasteiger partial charge in [0.05, 0.1) is 24.0 Å². The first-order valence-corrected chi connectivity index (χ1v) is 5.93. The lowest BCUT2D eigenvalue weighted by Gasteiger charge is -2.24. The number of furan rings is 1. The minimum atomic E-state index is 0.637. The molecule has 0 saturated heterocycles. The van der Waals surface area contributed by atoms with Crippen LogP contribution in [0.2, 0.25) is 0 Å². The van der Waals surface area contributed by atoms with E-state index in [0.29, 0.717) is 5.92 Å². The number of aryl methyl sites for hydroxylation is 1. The molecule has 3 rings (SSSR count). The van der Waals surface area contributed by atoms with E-state index < -0.39 is 0 Å². The first-order valence-electron chi connectivity index (χ1n) is 5.93. The molecule has 1 nitrogen and oxygen atoms in total. The minimum absolute atomic E-state index is 0.637. The van der Waals surface area contributed by atoms with Crippen molar-refractivity contribution in [1.29, 1.82) is 0 Å². The molecule has 1 fully saturated rings. The molecule has 0 amide bonds. The summed E-state index contributed by atoms with van der Waals surface area (Å²) in [6.07, 6.45) is 9.81. The highest BCUT2D eigenvalue weighted by atomic mass is 16.3. The maximum atomic E-state index is 5.79. The molecular formula is C14H17O+. The van der Waals surface area contributed by atoms with E-state index in [1.165, 1.54) is 31.4 Å². The largest absolute Gasteiger partial charge is 0.466 e. The van der Waals surface area contributed by atoms with Gasteiger partial charge in [-0.15, -0.1) is 0 Å². The van der Waals surface area contributed by atoms with E-state index in [1.807, 2.05) is 6.92 Å². The molecule has 1 aromatic rings. The van der Waals surface area contributed by atoms with Gasteiger partial charge in [0.15, 0.2) is 0 Å². The highest BCUT2D eigenvalue weighted by Gasteiger charge is 2.39. The van der Waals surface area contributed by atoms with Crippen LogP contribution in [0.5, 0.6) is 0 Å². The van der Waals surface area contributed by atoms with E-state index in [1.54, 1.807) is 5.57 Å². The third-order valence-electron chi connectivity index (χ3n) is 3.79. The lowest BCUT2D eigenvalue weighted by molar-refractivity contribution is 0.334. The summed E-state index contributed by atoms with van der Waals surface area (Å²) in [5.74, 6) is 3.63. The third kappa shape index (κ3) is 1.50. The summed E-state index contributed by atoms with van der Waals surface area (Å²) >= 11 is 0. The van der Waals surface area contributed by atoms with E-state index in [0.717, 1.165) is 11.7 Å². The maximum absolute atomic E-state index is 5.79. The highest BCUT2D eigenvalue weighted by molar-refractivity contribution is 5.27. The normalized spacial score (nSPS) is 29.5. The Kier molecular flexibility index (Phi) is 2.12. The Labute approximate surface area is 91.2 Å². The Hall–Kier alpha value is -1.11. The molecule has 2 atom stereocenters. The molecule has 78 valence electrons. The molecule has 1 heterocycles. The summed E-state index contributed by atoms with van der Waals surface area (Å²) in [6.45, 7) is 2.03. The summed E-state index contributed by atoms with van der Waals surface area (Å²) < 4.78 is 5.79. The second kappa shape index (κ2) is 3.48. The fourth-order valence-electron chi connectivity index (χ4n) is 3.05. The van der Waals surface area contributed by atoms with Gasteiger partial charge in [-0.3, -0.25) is 0 Å². The fourth-order valence-corrected chi connectivity index (χ4v) is 3.05. The van der Waals surface area contributed by atoms with Crippen molar-refractivity contribution in [2.24, 2.45) is 5.92 Å². The third-order valence-corrected chi connectivity index (χ3v) is 3.79. The van der Waals surface area contributed by atoms with Crippen LogP contribution in [0.15, 0.2) is 28.2 Å². The first-order chi connectivity index (χ1) is 7.34. The average Bonchev–Trinajstić information content (AvgIpc) is 2.84. The van der Waals surface area contributed by atoms with Crippen molar-refractivity contribution in [2.45, 2.75) is 38.5 Å². The lowest BCUT2D eigenvalue weighted by Crippen LogP contribution is -2.17. The van der Waals surface area contributed by atoms with Crippen LogP contribution < -0.4 is 0 Å². The summed E-state index contributed by atoms with van der Waals surface area (Å²) in [5.41, 5.74) is 1.65. The van der Waals surface area contributed by atoms with Gasteiger partial charge in [0.2, 0.25) is 0 Å². The highest BCUT2D eigenvalue weighted by Crippen LogP contribution is 2.46. The fraction of sp³-hybridized carbons (Fsp3) is 0.500. The molecule has 0 radical (unpaired) electrons. The molecule has 15 heavy (non-hydrogen) atoms. The molecule has 1 aromatic heterocycles. The number of allylic oxidation sites excluding steroid dienone is 2. The molecule has 0 bridgehead atoms. The maximum Gasteiger partial charge on any atom is 0.109 e. The van der Waals surface area contributed by atoms with Crippen molar-refractivity contribution in [1.82, 2.24) is 0 Å². The zero-order chi connectivity index (χ0) is 10.3. The molecule has 1 saturated carbocycles. The van der Waals surface area contributed by atoms with E-state index in [2.05, 4.69) is 24.6 Å². The van der Waals surface area contributed by atoms with Crippen LogP contribution in [0, 0.1) is 19.3 Å². The molecule has 0 N–H and O–H groups in total. The van der Waals surface area contributed by atoms with Crippen LogP contribution in [0.25, 0.3) is 0 Å². The standard InChI is InChI=1S/C14H17O/c1-10-8-9-14(15-10)13-7-3-5-11-4-2-6-12(11)13/h2,4,8-9,12-13H,3,5-7H2,1H3/q+1. The van der Waals surface area contributed by atoms with Gasteiger partial charge in [0, 0.05) is 18.8 Å². The van der Waals surface area contributed by atoms with E-state index in [-0.39, 0.29) is 0 Å². The summed E-state index contributed by atoms with van der Waals surface area (Å²) in [7, 11) is 0. The van der Waals surface area contributed by atoms with Crippen molar-refractivity contribution in [2.75, 3.05) is 0 Å². The summed E-state index contributed by atoms with van der Waals surface area (Å²) in [5, 5.41) is 0. The molecule has 0 aliphatic heterocycles. The number of fused-ring (bicyclic) bond motifs is 1. The van der Waals surface area contributed by atoms with Crippen molar-refractivity contribution in [3.8, 4) is 0 Å². The summed E-state index contributed by atoms with van der Waals surface area (Å²) in [4.78, 5) is 0. The molecule has 2 aliphatic rings. The van der Waals surface area contributed by atoms with Crippen molar-refractivity contribution in [3.05, 3.63) is 41.7 Å². The van der Waals surface area contributed by atoms with Crippen LogP contribution in [-0.4, -0.2) is 0 Å². The second-order valence-corrected chi connectivity index (χ2v) is 4.77. The molecule has 2 aliphatic carbocycles. The molecule has 0 spiro atoms. The monoisotopic (exact) mass is 201 g/mol. The van der Waals surface area contributed by atoms with Gasteiger partial charge < -0.3 is 4.42 Å². The quantitative estimate of drug-likeness (QED) is 0.626. The summed E-state index contributed by atoms with van der Waals surface area (Å²) in [6, 6.07) is 4.26. The molecule has 1 heteroatoms. The van der Waals surface area contributed by atoms with E-state index in [4.69, 9.17) is 4.42 Å². The van der Waals surface area contributed by atoms with Gasteiger partial charge in [-0.1, -0.05) is 0 Å². The Morgan fingerprint density at radius 2 is 2.27 bits per heavy atom. The van der Waals surface area contributed by atoms with Gasteiger partial charge >= 0.3 is 0 Å². The lowest BCUT2D eigenvalue weighted by atomic mass is 9.76. The minimum Gasteiger partial charge on any atom is -0.466 e. The Bertz CT molecular complexity index is 386. The average molecular weight is 201 g/mol. The predicted octanol–water partition coefficient (Wildman–Crippen LogP) is 4.01. The molecular weight excluding hydrogens is 184 g/mol. The topological polar surface area (TPSA) is 13.1 Å². The van der Waals surface area contributed by atoms with E-state index >= 15 is 0 Å². The number of hydrogen-bond donors (Lipinski definition) is 0. The number of hydrogen-bond acceptors (Lipinski definition) is 1. The van der Waals surface area contributed by atoms with Crippen molar-refractivity contribution >= 4 is 0 Å². The van der Waals surface area contributed by atoms with Crippen LogP contribution in [0.4, 0.5) is 0 Å². The van der Waals surface area contributed by atoms with Crippen molar-refractivity contribution < 1.29 is 4.42 Å². The molecule has 2 unspecified atom stereocenters. The molecule has 0 aromatic carbocycles. The Balaban J connectivity index is 1.89. The SMILES string of the molecule is Cc1ccc(C2CCCC3=C[CH+]CC32)o1. The van der Waals surface area contributed by atoms with Gasteiger partial charge in [-0.05, 0) is 31.9 Å². The first kappa shape index (κ1) is 9.14. The van der Waals surface area contributed by atoms with Crippen LogP contribution in [0.3, 0.4) is 0 Å². The van der Waals surface area contributed by atoms with Crippen molar-refractivity contribution in [3.63, 3.8) is 0 Å². The van der Waals surface area contributed by atoms with Crippen LogP contribution >= 0.6 is 0 Å². The number of rotatable bonds is 1.